The second-order valence-corrected chi connectivity index (χ2v) is 14.1. The minimum Gasteiger partial charge on any atom is -0.507 e. The maximum atomic E-state index is 11.3. The lowest BCUT2D eigenvalue weighted by molar-refractivity contribution is 0.477. The Morgan fingerprint density at radius 1 is 0.596 bits per heavy atom. The van der Waals surface area contributed by atoms with E-state index >= 15 is 0 Å². The first-order valence-corrected chi connectivity index (χ1v) is 17.3. The first-order chi connectivity index (χ1) is 27.6. The SMILES string of the molecule is [2H]C([2H])([2H])c1cc(-n2c(-c3ccccc3O)nc3c(-c4cc(-c5cc(-c6ccccc6)ccn5)cc(C(C)(C)C)c4)cccc32)cc(-c2ccccc2)c1C([2H])([2H])[2H]. The summed E-state index contributed by atoms with van der Waals surface area (Å²) >= 11 is 0. The summed E-state index contributed by atoms with van der Waals surface area (Å²) in [6.07, 6.45) is 1.83. The van der Waals surface area contributed by atoms with Gasteiger partial charge in [-0.2, -0.15) is 0 Å². The number of imidazole rings is 1. The molecule has 0 amide bonds. The van der Waals surface area contributed by atoms with E-state index in [1.165, 1.54) is 6.07 Å². The molecule has 0 atom stereocenters. The second kappa shape index (κ2) is 13.1. The first kappa shape index (κ1) is 26.5. The van der Waals surface area contributed by atoms with Gasteiger partial charge >= 0.3 is 0 Å². The van der Waals surface area contributed by atoms with Crippen LogP contribution in [-0.2, 0) is 5.41 Å². The Labute approximate surface area is 314 Å². The van der Waals surface area contributed by atoms with Crippen molar-refractivity contribution < 1.29 is 13.3 Å². The largest absolute Gasteiger partial charge is 0.507 e. The van der Waals surface area contributed by atoms with Gasteiger partial charge in [-0.15, -0.1) is 0 Å². The fourth-order valence-electron chi connectivity index (χ4n) is 6.80. The predicted octanol–water partition coefficient (Wildman–Crippen LogP) is 12.4. The zero-order valence-corrected chi connectivity index (χ0v) is 29.2. The number of pyridine rings is 1. The van der Waals surface area contributed by atoms with Gasteiger partial charge in [0.2, 0.25) is 0 Å². The van der Waals surface area contributed by atoms with Gasteiger partial charge in [-0.25, -0.2) is 4.98 Å². The highest BCUT2D eigenvalue weighted by Gasteiger charge is 2.23. The number of phenolic OH excluding ortho intramolecular Hbond substituents is 1. The number of hydrogen-bond acceptors (Lipinski definition) is 3. The molecule has 0 aliphatic carbocycles. The van der Waals surface area contributed by atoms with E-state index in [1.54, 1.807) is 54.6 Å². The number of aryl methyl sites for hydroxylation is 1. The van der Waals surface area contributed by atoms with Crippen molar-refractivity contribution >= 4 is 11.0 Å². The predicted molar refractivity (Wildman–Crippen MR) is 216 cm³/mol. The van der Waals surface area contributed by atoms with Crippen LogP contribution in [0.3, 0.4) is 0 Å². The summed E-state index contributed by atoms with van der Waals surface area (Å²) in [7, 11) is 0. The van der Waals surface area contributed by atoms with Crippen molar-refractivity contribution in [3.05, 3.63) is 168 Å². The van der Waals surface area contributed by atoms with Crippen LogP contribution in [0.4, 0.5) is 0 Å². The molecule has 2 aromatic heterocycles. The molecule has 4 heteroatoms. The van der Waals surface area contributed by atoms with Crippen molar-refractivity contribution in [3.8, 4) is 67.5 Å². The summed E-state index contributed by atoms with van der Waals surface area (Å²) in [5.41, 5.74) is 8.89. The third kappa shape index (κ3) is 6.07. The lowest BCUT2D eigenvalue weighted by atomic mass is 9.83. The van der Waals surface area contributed by atoms with Gasteiger partial charge < -0.3 is 5.11 Å². The van der Waals surface area contributed by atoms with E-state index < -0.39 is 13.7 Å². The average Bonchev–Trinajstić information content (AvgIpc) is 3.60. The molecular formula is C48H41N3O. The van der Waals surface area contributed by atoms with Crippen LogP contribution in [0.25, 0.3) is 72.7 Å². The standard InChI is InChI=1S/C48H41N3O/c1-31-25-39(30-42(32(31)2)34-17-10-7-11-18-34)51-44-21-14-20-40(46(44)50-47(51)41-19-12-13-22-45(41)52)36-26-37(28-38(27-36)48(3,4)5)43-29-35(23-24-49-43)33-15-8-6-9-16-33/h6-30,52H,1-5H3/i1D3,2D3. The lowest BCUT2D eigenvalue weighted by Gasteiger charge is -2.22. The Morgan fingerprint density at radius 2 is 1.31 bits per heavy atom. The molecule has 0 fully saturated rings. The van der Waals surface area contributed by atoms with Crippen LogP contribution in [0.2, 0.25) is 0 Å². The van der Waals surface area contributed by atoms with Gasteiger partial charge in [0, 0.05) is 31.2 Å². The van der Waals surface area contributed by atoms with Crippen LogP contribution in [0.15, 0.2) is 152 Å². The molecule has 6 aromatic carbocycles. The molecule has 8 rings (SSSR count). The van der Waals surface area contributed by atoms with Crippen molar-refractivity contribution in [2.45, 2.75) is 39.9 Å². The minimum absolute atomic E-state index is 0.0135. The third-order valence-corrected chi connectivity index (χ3v) is 9.57. The summed E-state index contributed by atoms with van der Waals surface area (Å²) in [5.74, 6) is 0.350. The number of aromatic nitrogens is 3. The molecule has 8 aromatic rings. The Hall–Kier alpha value is -6.26. The molecule has 1 N–H and O–H groups in total. The highest BCUT2D eigenvalue weighted by atomic mass is 16.3. The molecule has 52 heavy (non-hydrogen) atoms. The average molecular weight is 682 g/mol. The molecule has 4 nitrogen and oxygen atoms in total. The Balaban J connectivity index is 1.42. The fourth-order valence-corrected chi connectivity index (χ4v) is 6.80. The monoisotopic (exact) mass is 681 g/mol. The highest BCUT2D eigenvalue weighted by molar-refractivity contribution is 5.97. The van der Waals surface area contributed by atoms with Crippen molar-refractivity contribution in [1.82, 2.24) is 14.5 Å². The second-order valence-electron chi connectivity index (χ2n) is 14.1. The van der Waals surface area contributed by atoms with Gasteiger partial charge in [-0.3, -0.25) is 9.55 Å². The number of hydrogen-bond donors (Lipinski definition) is 1. The summed E-state index contributed by atoms with van der Waals surface area (Å²) in [6, 6.07) is 45.6. The minimum atomic E-state index is -2.77. The molecule has 0 saturated carbocycles. The zero-order chi connectivity index (χ0) is 41.0. The van der Waals surface area contributed by atoms with Gasteiger partial charge in [-0.1, -0.05) is 112 Å². The summed E-state index contributed by atoms with van der Waals surface area (Å²) in [4.78, 5) is 10.1. The highest BCUT2D eigenvalue weighted by Crippen LogP contribution is 2.41. The molecular weight excluding hydrogens is 635 g/mol. The maximum Gasteiger partial charge on any atom is 0.149 e. The van der Waals surface area contributed by atoms with Crippen molar-refractivity contribution in [3.63, 3.8) is 0 Å². The molecule has 0 spiro atoms. The molecule has 0 aliphatic rings. The zero-order valence-electron chi connectivity index (χ0n) is 35.2. The smallest absolute Gasteiger partial charge is 0.149 e. The summed E-state index contributed by atoms with van der Waals surface area (Å²) in [6.45, 7) is 1.01. The van der Waals surface area contributed by atoms with Crippen molar-refractivity contribution in [1.29, 1.82) is 0 Å². The molecule has 0 saturated heterocycles. The Morgan fingerprint density at radius 3 is 2.04 bits per heavy atom. The Bertz CT molecular complexity index is 2800. The van der Waals surface area contributed by atoms with Gasteiger partial charge in [0.15, 0.2) is 0 Å². The number of rotatable bonds is 6. The van der Waals surface area contributed by atoms with Crippen molar-refractivity contribution in [2.75, 3.05) is 0 Å². The molecule has 0 bridgehead atoms. The van der Waals surface area contributed by atoms with E-state index in [2.05, 4.69) is 57.2 Å². The van der Waals surface area contributed by atoms with E-state index in [-0.39, 0.29) is 27.9 Å². The number of benzene rings is 6. The van der Waals surface area contributed by atoms with E-state index in [4.69, 9.17) is 18.2 Å². The van der Waals surface area contributed by atoms with E-state index in [1.807, 2.05) is 59.3 Å². The molecule has 2 heterocycles. The number of nitrogens with zero attached hydrogens (tertiary/aromatic N) is 3. The fraction of sp³-hybridized carbons (Fsp3) is 0.125. The maximum absolute atomic E-state index is 11.3. The third-order valence-electron chi connectivity index (χ3n) is 9.57. The van der Waals surface area contributed by atoms with E-state index in [0.29, 0.717) is 33.7 Å². The molecule has 0 aliphatic heterocycles. The van der Waals surface area contributed by atoms with Gasteiger partial charge in [0.25, 0.3) is 0 Å². The molecule has 0 radical (unpaired) electrons. The van der Waals surface area contributed by atoms with Gasteiger partial charge in [-0.05, 0) is 118 Å². The van der Waals surface area contributed by atoms with Gasteiger partial charge in [0.1, 0.15) is 11.6 Å². The van der Waals surface area contributed by atoms with Crippen LogP contribution < -0.4 is 0 Å². The summed E-state index contributed by atoms with van der Waals surface area (Å²) < 4.78 is 53.1. The van der Waals surface area contributed by atoms with Crippen LogP contribution in [0.1, 0.15) is 45.7 Å². The summed E-state index contributed by atoms with van der Waals surface area (Å²) in [5, 5.41) is 11.3. The number of para-hydroxylation sites is 2. The number of phenols is 1. The topological polar surface area (TPSA) is 50.9 Å². The number of aromatic hydroxyl groups is 1. The van der Waals surface area contributed by atoms with E-state index in [9.17, 15) is 5.11 Å². The lowest BCUT2D eigenvalue weighted by Crippen LogP contribution is -2.11. The number of fused-ring (bicyclic) bond motifs is 1. The van der Waals surface area contributed by atoms with Crippen molar-refractivity contribution in [2.24, 2.45) is 0 Å². The van der Waals surface area contributed by atoms with Crippen LogP contribution in [0, 0.1) is 13.7 Å². The van der Waals surface area contributed by atoms with Crippen LogP contribution in [-0.4, -0.2) is 19.6 Å². The Kier molecular flexibility index (Phi) is 6.70. The molecule has 254 valence electrons. The van der Waals surface area contributed by atoms with Gasteiger partial charge in [0.05, 0.1) is 22.3 Å². The normalized spacial score (nSPS) is 13.8. The van der Waals surface area contributed by atoms with Crippen LogP contribution in [0.5, 0.6) is 5.75 Å². The quantitative estimate of drug-likeness (QED) is 0.190. The first-order valence-electron chi connectivity index (χ1n) is 20.3. The van der Waals surface area contributed by atoms with E-state index in [0.717, 1.165) is 39.1 Å². The molecule has 0 unspecified atom stereocenters. The van der Waals surface area contributed by atoms with Crippen LogP contribution >= 0.6 is 0 Å².